The molecular weight excluding hydrogens is 808 g/mol. The second-order valence-electron chi connectivity index (χ2n) is 17.5. The molecule has 1 aliphatic carbocycles. The predicted octanol–water partition coefficient (Wildman–Crippen LogP) is 5.84. The molecule has 0 radical (unpaired) electrons. The van der Waals surface area contributed by atoms with E-state index in [1.54, 1.807) is 25.5 Å². The van der Waals surface area contributed by atoms with Crippen molar-refractivity contribution in [1.82, 2.24) is 39.5 Å². The number of aromatic nitrogens is 6. The van der Waals surface area contributed by atoms with E-state index >= 15 is 8.78 Å². The fraction of sp³-hybridized carbons (Fsp3) is 0.512. The molecule has 0 spiro atoms. The van der Waals surface area contributed by atoms with E-state index in [4.69, 9.17) is 26.4 Å². The van der Waals surface area contributed by atoms with Crippen molar-refractivity contribution in [2.24, 2.45) is 25.9 Å². The Morgan fingerprint density at radius 1 is 0.951 bits per heavy atom. The maximum atomic E-state index is 15.1. The van der Waals surface area contributed by atoms with Gasteiger partial charge in [-0.15, -0.1) is 0 Å². The number of nitrogens with one attached hydrogen (secondary N) is 3. The molecule has 5 aliphatic rings. The Morgan fingerprint density at radius 3 is 2.49 bits per heavy atom. The van der Waals surface area contributed by atoms with E-state index in [1.165, 1.54) is 10.1 Å². The molecule has 4 aromatic heterocycles. The van der Waals surface area contributed by atoms with Gasteiger partial charge in [0.15, 0.2) is 12.4 Å². The Balaban J connectivity index is 0.763. The first-order chi connectivity index (χ1) is 29.4. The average Bonchev–Trinajstić information content (AvgIpc) is 4.06. The Kier molecular flexibility index (Phi) is 10.1. The second kappa shape index (κ2) is 15.5. The van der Waals surface area contributed by atoms with Crippen molar-refractivity contribution >= 4 is 68.5 Å². The molecule has 4 fully saturated rings. The Labute approximate surface area is 355 Å². The molecule has 18 heteroatoms. The number of piperidine rings is 3. The number of alkyl halides is 2. The quantitative estimate of drug-likeness (QED) is 0.160. The minimum atomic E-state index is -3.15. The van der Waals surface area contributed by atoms with E-state index in [0.717, 1.165) is 75.0 Å². The van der Waals surface area contributed by atoms with Gasteiger partial charge in [-0.1, -0.05) is 23.7 Å². The van der Waals surface area contributed by atoms with Crippen molar-refractivity contribution < 1.29 is 23.1 Å². The van der Waals surface area contributed by atoms with Crippen molar-refractivity contribution in [2.75, 3.05) is 54.9 Å². The van der Waals surface area contributed by atoms with Crippen LogP contribution in [0.4, 0.5) is 31.9 Å². The molecule has 5 aromatic rings. The monoisotopic (exact) mass is 855 g/mol. The van der Waals surface area contributed by atoms with Gasteiger partial charge in [-0.05, 0) is 93.5 Å². The standard InChI is InChI=1S/C43H48ClF2N11O4/c1-54-39-30(35-36(41(54)60)61-22-43(45,46)37(51-35)25-3-4-25)18-27(19-47-39)49-38-31(44)20-48-42(52-38)57-15-9-23(10-16-57)21-56-13-11-24(12-14-56)26-5-6-28-32(17-26)55(2)53-34(28)29-7-8-33(58)50-40(29)59/h5-6,17-20,23-25,29,37,51H,3-4,7-16,21-22H2,1-2H3,(H,48,49,52)(H,50,58,59). The molecule has 10 rings (SSSR count). The zero-order valence-electron chi connectivity index (χ0n) is 34.1. The van der Waals surface area contributed by atoms with Gasteiger partial charge in [-0.3, -0.25) is 28.9 Å². The van der Waals surface area contributed by atoms with Crippen LogP contribution in [0.25, 0.3) is 21.9 Å². The van der Waals surface area contributed by atoms with Crippen LogP contribution >= 0.6 is 11.6 Å². The summed E-state index contributed by atoms with van der Waals surface area (Å²) in [6, 6.07) is 7.11. The van der Waals surface area contributed by atoms with Gasteiger partial charge in [0.1, 0.15) is 10.7 Å². The lowest BCUT2D eigenvalue weighted by molar-refractivity contribution is -0.134. The molecule has 0 bridgehead atoms. The molecule has 2 unspecified atom stereocenters. The maximum absolute atomic E-state index is 15.1. The molecule has 4 aliphatic heterocycles. The van der Waals surface area contributed by atoms with Crippen LogP contribution in [0.1, 0.15) is 74.5 Å². The van der Waals surface area contributed by atoms with Crippen LogP contribution in [0.3, 0.4) is 0 Å². The summed E-state index contributed by atoms with van der Waals surface area (Å²) in [5, 5.41) is 15.2. The van der Waals surface area contributed by atoms with Crippen LogP contribution in [0.2, 0.25) is 5.02 Å². The SMILES string of the molecule is Cn1nc(C2CCC(=O)NC2=O)c2ccc(C3CCN(CC4CCN(c5ncc(Cl)c(Nc6cnc7c(c6)c6c(c(=O)n7C)OCC(F)(F)C(C7CC7)N6)n5)CC4)CC3)cc21. The van der Waals surface area contributed by atoms with E-state index in [1.807, 2.05) is 11.7 Å². The number of imide groups is 1. The molecule has 2 atom stereocenters. The number of fused-ring (bicyclic) bond motifs is 4. The first kappa shape index (κ1) is 39.7. The number of amides is 2. The van der Waals surface area contributed by atoms with Gasteiger partial charge in [0.2, 0.25) is 23.5 Å². The van der Waals surface area contributed by atoms with E-state index in [9.17, 15) is 14.4 Å². The number of halogens is 3. The number of aryl methyl sites for hydroxylation is 2. The molecule has 8 heterocycles. The molecule has 3 N–H and O–H groups in total. The highest BCUT2D eigenvalue weighted by molar-refractivity contribution is 6.33. The average molecular weight is 856 g/mol. The van der Waals surface area contributed by atoms with Crippen molar-refractivity contribution in [1.29, 1.82) is 0 Å². The van der Waals surface area contributed by atoms with Crippen molar-refractivity contribution in [3.63, 3.8) is 0 Å². The predicted molar refractivity (Wildman–Crippen MR) is 227 cm³/mol. The molecule has 1 saturated carbocycles. The Bertz CT molecular complexity index is 2620. The highest BCUT2D eigenvalue weighted by Gasteiger charge is 2.51. The van der Waals surface area contributed by atoms with Crippen LogP contribution in [-0.2, 0) is 23.7 Å². The number of carbonyl (C=O) groups is 2. The minimum Gasteiger partial charge on any atom is -0.480 e. The highest BCUT2D eigenvalue weighted by Crippen LogP contribution is 2.46. The fourth-order valence-electron chi connectivity index (χ4n) is 9.78. The topological polar surface area (TPSA) is 164 Å². The lowest BCUT2D eigenvalue weighted by atomic mass is 9.87. The molecule has 15 nitrogen and oxygen atoms in total. The van der Waals surface area contributed by atoms with Crippen molar-refractivity contribution in [3.8, 4) is 5.75 Å². The second-order valence-corrected chi connectivity index (χ2v) is 17.9. The molecule has 2 amide bonds. The summed E-state index contributed by atoms with van der Waals surface area (Å²) >= 11 is 6.61. The first-order valence-corrected chi connectivity index (χ1v) is 21.6. The molecule has 61 heavy (non-hydrogen) atoms. The summed E-state index contributed by atoms with van der Waals surface area (Å²) in [5.74, 6) is -2.43. The van der Waals surface area contributed by atoms with Gasteiger partial charge in [0, 0.05) is 50.9 Å². The summed E-state index contributed by atoms with van der Waals surface area (Å²) in [5.41, 5.74) is 3.59. The van der Waals surface area contributed by atoms with Crippen molar-refractivity contribution in [2.45, 2.75) is 75.2 Å². The number of ether oxygens (including phenoxy) is 1. The lowest BCUT2D eigenvalue weighted by Crippen LogP contribution is -2.44. The van der Waals surface area contributed by atoms with Gasteiger partial charge in [0.05, 0.1) is 46.9 Å². The maximum Gasteiger partial charge on any atom is 0.301 e. The number of benzene rings is 1. The highest BCUT2D eigenvalue weighted by atomic mass is 35.5. The summed E-state index contributed by atoms with van der Waals surface area (Å²) in [7, 11) is 3.46. The van der Waals surface area contributed by atoms with Crippen LogP contribution < -0.4 is 31.1 Å². The van der Waals surface area contributed by atoms with Gasteiger partial charge < -0.3 is 25.2 Å². The normalized spacial score (nSPS) is 22.7. The van der Waals surface area contributed by atoms with E-state index in [0.29, 0.717) is 71.0 Å². The zero-order chi connectivity index (χ0) is 42.2. The summed E-state index contributed by atoms with van der Waals surface area (Å²) in [6.45, 7) is 3.86. The largest absolute Gasteiger partial charge is 0.480 e. The van der Waals surface area contributed by atoms with Gasteiger partial charge >= 0.3 is 5.92 Å². The van der Waals surface area contributed by atoms with Gasteiger partial charge in [-0.25, -0.2) is 18.7 Å². The number of nitrogens with zero attached hydrogens (tertiary/aromatic N) is 8. The number of hydrogen-bond donors (Lipinski definition) is 3. The molecule has 3 saturated heterocycles. The number of likely N-dealkylation sites (tertiary alicyclic amines) is 1. The van der Waals surface area contributed by atoms with E-state index in [-0.39, 0.29) is 29.2 Å². The van der Waals surface area contributed by atoms with E-state index in [2.05, 4.69) is 53.9 Å². The number of carbonyl (C=O) groups excluding carboxylic acids is 2. The van der Waals surface area contributed by atoms with Crippen LogP contribution in [0.5, 0.6) is 5.75 Å². The van der Waals surface area contributed by atoms with Gasteiger partial charge in [-0.2, -0.15) is 10.1 Å². The molecule has 320 valence electrons. The van der Waals surface area contributed by atoms with E-state index < -0.39 is 30.0 Å². The Morgan fingerprint density at radius 2 is 1.74 bits per heavy atom. The van der Waals surface area contributed by atoms with Gasteiger partial charge in [0.25, 0.3) is 5.56 Å². The fourth-order valence-corrected chi connectivity index (χ4v) is 9.91. The molecular formula is C43H48ClF2N11O4. The number of pyridine rings is 2. The van der Waals surface area contributed by atoms with Crippen LogP contribution in [0.15, 0.2) is 41.5 Å². The molecule has 1 aromatic carbocycles. The third kappa shape index (κ3) is 7.53. The minimum absolute atomic E-state index is 0.143. The third-order valence-electron chi connectivity index (χ3n) is 13.4. The summed E-state index contributed by atoms with van der Waals surface area (Å²) in [4.78, 5) is 56.2. The number of hydrogen-bond acceptors (Lipinski definition) is 12. The first-order valence-electron chi connectivity index (χ1n) is 21.3. The number of rotatable bonds is 8. The third-order valence-corrected chi connectivity index (χ3v) is 13.7. The number of anilines is 4. The zero-order valence-corrected chi connectivity index (χ0v) is 34.9. The van der Waals surface area contributed by atoms with Crippen LogP contribution in [-0.4, -0.2) is 97.3 Å². The summed E-state index contributed by atoms with van der Waals surface area (Å²) in [6.07, 6.45) is 9.49. The van der Waals surface area contributed by atoms with Crippen LogP contribution in [0, 0.1) is 11.8 Å². The van der Waals surface area contributed by atoms with Crippen molar-refractivity contribution in [3.05, 3.63) is 63.3 Å². The Hall–Kier alpha value is -5.42. The smallest absolute Gasteiger partial charge is 0.301 e. The lowest BCUT2D eigenvalue weighted by Gasteiger charge is -2.38. The summed E-state index contributed by atoms with van der Waals surface area (Å²) < 4.78 is 38.9.